The number of hydrogen-bond acceptors (Lipinski definition) is 5. The molecule has 35 heavy (non-hydrogen) atoms. The van der Waals surface area contributed by atoms with Gasteiger partial charge in [-0.05, 0) is 67.6 Å². The van der Waals surface area contributed by atoms with E-state index in [-0.39, 0.29) is 5.91 Å². The predicted molar refractivity (Wildman–Crippen MR) is 138 cm³/mol. The van der Waals surface area contributed by atoms with Crippen LogP contribution < -0.4 is 19.1 Å². The van der Waals surface area contributed by atoms with E-state index in [0.29, 0.717) is 29.5 Å². The van der Waals surface area contributed by atoms with Gasteiger partial charge in [-0.15, -0.1) is 0 Å². The monoisotopic (exact) mass is 533 g/mol. The number of nitrogens with one attached hydrogen (secondary N) is 1. The van der Waals surface area contributed by atoms with E-state index < -0.39 is 6.04 Å². The zero-order chi connectivity index (χ0) is 24.5. The smallest absolute Gasteiger partial charge is 0.277 e. The summed E-state index contributed by atoms with van der Waals surface area (Å²) in [4.78, 5) is 15.5. The Morgan fingerprint density at radius 3 is 2.34 bits per heavy atom. The van der Waals surface area contributed by atoms with Crippen molar-refractivity contribution < 1.29 is 19.0 Å². The quantitative estimate of drug-likeness (QED) is 0.315. The third kappa shape index (κ3) is 4.04. The zero-order valence-electron chi connectivity index (χ0n) is 19.5. The van der Waals surface area contributed by atoms with Crippen LogP contribution in [0.5, 0.6) is 17.2 Å². The molecule has 5 rings (SSSR count). The standard InChI is InChI=1S/C27H24BrN3O4/c1-4-35-19-11-5-16(6-12-19)24-23-25(30-29-24)27(32)31(18-9-7-17(28)8-10-18)26(23)21-14-13-20(33-2)15-22(21)34-3/h5-15,26H,4H2,1-3H3,(H,29,30). The number of hydrogen-bond donors (Lipinski definition) is 1. The summed E-state index contributed by atoms with van der Waals surface area (Å²) in [5.41, 5.74) is 4.44. The van der Waals surface area contributed by atoms with Crippen LogP contribution in [0.25, 0.3) is 11.3 Å². The Morgan fingerprint density at radius 2 is 1.69 bits per heavy atom. The fourth-order valence-electron chi connectivity index (χ4n) is 4.45. The van der Waals surface area contributed by atoms with Crippen LogP contribution in [0.3, 0.4) is 0 Å². The molecule has 0 fully saturated rings. The van der Waals surface area contributed by atoms with Crippen molar-refractivity contribution in [2.45, 2.75) is 13.0 Å². The van der Waals surface area contributed by atoms with Gasteiger partial charge < -0.3 is 14.2 Å². The van der Waals surface area contributed by atoms with E-state index >= 15 is 0 Å². The third-order valence-electron chi connectivity index (χ3n) is 6.05. The van der Waals surface area contributed by atoms with Crippen molar-refractivity contribution >= 4 is 27.5 Å². The molecule has 0 spiro atoms. The highest BCUT2D eigenvalue weighted by atomic mass is 79.9. The van der Waals surface area contributed by atoms with Gasteiger partial charge in [-0.1, -0.05) is 15.9 Å². The number of ether oxygens (including phenoxy) is 3. The molecule has 1 unspecified atom stereocenters. The van der Waals surface area contributed by atoms with Crippen LogP contribution in [0.15, 0.2) is 71.2 Å². The summed E-state index contributed by atoms with van der Waals surface area (Å²) in [6.07, 6.45) is 0. The van der Waals surface area contributed by atoms with Crippen LogP contribution >= 0.6 is 15.9 Å². The largest absolute Gasteiger partial charge is 0.497 e. The minimum atomic E-state index is -0.458. The normalized spacial score (nSPS) is 14.7. The second-order valence-corrected chi connectivity index (χ2v) is 8.90. The van der Waals surface area contributed by atoms with Crippen molar-refractivity contribution in [1.82, 2.24) is 10.2 Å². The molecular formula is C27H24BrN3O4. The Kier molecular flexibility index (Phi) is 6.21. The van der Waals surface area contributed by atoms with Gasteiger partial charge in [0.2, 0.25) is 0 Å². The lowest BCUT2D eigenvalue weighted by atomic mass is 9.95. The van der Waals surface area contributed by atoms with Crippen LogP contribution in [0.2, 0.25) is 0 Å². The third-order valence-corrected chi connectivity index (χ3v) is 6.58. The van der Waals surface area contributed by atoms with Crippen molar-refractivity contribution in [3.63, 3.8) is 0 Å². The molecule has 0 saturated heterocycles. The number of benzene rings is 3. The van der Waals surface area contributed by atoms with E-state index in [1.807, 2.05) is 73.7 Å². The lowest BCUT2D eigenvalue weighted by molar-refractivity contribution is 0.0988. The first-order chi connectivity index (χ1) is 17.0. The highest BCUT2D eigenvalue weighted by Crippen LogP contribution is 2.48. The van der Waals surface area contributed by atoms with E-state index in [0.717, 1.165) is 32.6 Å². The molecule has 1 aromatic heterocycles. The summed E-state index contributed by atoms with van der Waals surface area (Å²) in [5.74, 6) is 1.92. The highest BCUT2D eigenvalue weighted by Gasteiger charge is 2.44. The van der Waals surface area contributed by atoms with Gasteiger partial charge >= 0.3 is 0 Å². The molecule has 0 radical (unpaired) electrons. The number of H-pyrrole nitrogens is 1. The molecule has 4 aromatic rings. The van der Waals surface area contributed by atoms with Crippen molar-refractivity contribution in [1.29, 1.82) is 0 Å². The van der Waals surface area contributed by atoms with Gasteiger partial charge in [0, 0.05) is 32.9 Å². The number of nitrogens with zero attached hydrogens (tertiary/aromatic N) is 2. The molecule has 0 aliphatic carbocycles. The van der Waals surface area contributed by atoms with E-state index in [1.54, 1.807) is 19.1 Å². The summed E-state index contributed by atoms with van der Waals surface area (Å²) >= 11 is 3.48. The number of methoxy groups -OCH3 is 2. The fourth-order valence-corrected chi connectivity index (χ4v) is 4.71. The number of aromatic amines is 1. The first kappa shape index (κ1) is 23.0. The topological polar surface area (TPSA) is 76.7 Å². The maximum atomic E-state index is 13.7. The van der Waals surface area contributed by atoms with Crippen molar-refractivity contribution in [2.24, 2.45) is 0 Å². The van der Waals surface area contributed by atoms with Gasteiger partial charge in [0.25, 0.3) is 5.91 Å². The molecule has 1 amide bonds. The van der Waals surface area contributed by atoms with E-state index in [9.17, 15) is 4.79 Å². The number of fused-ring (bicyclic) bond motifs is 1. The average molecular weight is 534 g/mol. The van der Waals surface area contributed by atoms with E-state index in [1.165, 1.54) is 0 Å². The van der Waals surface area contributed by atoms with Crippen LogP contribution in [0.1, 0.15) is 34.6 Å². The molecule has 1 N–H and O–H groups in total. The molecule has 3 aromatic carbocycles. The van der Waals surface area contributed by atoms with Crippen LogP contribution in [-0.4, -0.2) is 36.9 Å². The lowest BCUT2D eigenvalue weighted by Gasteiger charge is -2.28. The van der Waals surface area contributed by atoms with Crippen molar-refractivity contribution in [3.05, 3.63) is 88.0 Å². The Balaban J connectivity index is 1.70. The van der Waals surface area contributed by atoms with Crippen molar-refractivity contribution in [3.8, 4) is 28.5 Å². The second kappa shape index (κ2) is 9.46. The zero-order valence-corrected chi connectivity index (χ0v) is 21.1. The average Bonchev–Trinajstić information content (AvgIpc) is 3.44. The molecule has 178 valence electrons. The second-order valence-electron chi connectivity index (χ2n) is 7.98. The summed E-state index contributed by atoms with van der Waals surface area (Å²) in [6, 6.07) is 20.6. The Hall–Kier alpha value is -3.78. The molecule has 7 nitrogen and oxygen atoms in total. The van der Waals surface area contributed by atoms with Crippen molar-refractivity contribution in [2.75, 3.05) is 25.7 Å². The summed E-state index contributed by atoms with van der Waals surface area (Å²) in [5, 5.41) is 7.55. The number of rotatable bonds is 7. The fraction of sp³-hybridized carbons (Fsp3) is 0.185. The van der Waals surface area contributed by atoms with E-state index in [4.69, 9.17) is 14.2 Å². The SMILES string of the molecule is CCOc1ccc(-c2n[nH]c3c2C(c2ccc(OC)cc2OC)N(c2ccc(Br)cc2)C3=O)cc1. The number of anilines is 1. The Morgan fingerprint density at radius 1 is 0.971 bits per heavy atom. The van der Waals surface area contributed by atoms with Gasteiger partial charge in [0.05, 0.1) is 32.6 Å². The number of halogens is 1. The predicted octanol–water partition coefficient (Wildman–Crippen LogP) is 6.00. The molecule has 1 aliphatic rings. The molecule has 8 heteroatoms. The van der Waals surface area contributed by atoms with Gasteiger partial charge in [-0.2, -0.15) is 5.10 Å². The van der Waals surface area contributed by atoms with Gasteiger partial charge in [0.1, 0.15) is 22.9 Å². The minimum absolute atomic E-state index is 0.158. The first-order valence-corrected chi connectivity index (χ1v) is 12.0. The Bertz CT molecular complexity index is 1370. The summed E-state index contributed by atoms with van der Waals surface area (Å²) < 4.78 is 17.7. The molecule has 0 saturated carbocycles. The molecule has 0 bridgehead atoms. The number of carbonyl (C=O) groups excluding carboxylic acids is 1. The maximum absolute atomic E-state index is 13.7. The van der Waals surface area contributed by atoms with Gasteiger partial charge in [-0.25, -0.2) is 0 Å². The van der Waals surface area contributed by atoms with Crippen LogP contribution in [0, 0.1) is 0 Å². The highest BCUT2D eigenvalue weighted by molar-refractivity contribution is 9.10. The molecule has 1 atom stereocenters. The van der Waals surface area contributed by atoms with Gasteiger partial charge in [-0.3, -0.25) is 14.8 Å². The number of aromatic nitrogens is 2. The molecule has 2 heterocycles. The van der Waals surface area contributed by atoms with Crippen LogP contribution in [-0.2, 0) is 0 Å². The van der Waals surface area contributed by atoms with Crippen LogP contribution in [0.4, 0.5) is 5.69 Å². The minimum Gasteiger partial charge on any atom is -0.497 e. The van der Waals surface area contributed by atoms with Gasteiger partial charge in [0.15, 0.2) is 0 Å². The first-order valence-electron chi connectivity index (χ1n) is 11.2. The summed E-state index contributed by atoms with van der Waals surface area (Å²) in [6.45, 7) is 2.54. The summed E-state index contributed by atoms with van der Waals surface area (Å²) in [7, 11) is 3.22. The Labute approximate surface area is 211 Å². The molecular weight excluding hydrogens is 510 g/mol. The maximum Gasteiger partial charge on any atom is 0.277 e. The number of carbonyl (C=O) groups is 1. The lowest BCUT2D eigenvalue weighted by Crippen LogP contribution is -2.29. The van der Waals surface area contributed by atoms with E-state index in [2.05, 4.69) is 26.1 Å². The molecule has 1 aliphatic heterocycles. The number of amides is 1.